The molecule has 2 aromatic carbocycles. The van der Waals surface area contributed by atoms with Gasteiger partial charge in [0.2, 0.25) is 5.91 Å². The molecule has 3 aromatic rings. The summed E-state index contributed by atoms with van der Waals surface area (Å²) < 4.78 is 6.61. The number of rotatable bonds is 6. The van der Waals surface area contributed by atoms with Crippen LogP contribution in [-0.4, -0.2) is 21.9 Å². The minimum absolute atomic E-state index is 0.132. The van der Waals surface area contributed by atoms with Gasteiger partial charge >= 0.3 is 5.76 Å². The number of hydrogen-bond acceptors (Lipinski definition) is 3. The van der Waals surface area contributed by atoms with E-state index < -0.39 is 0 Å². The molecule has 0 saturated carbocycles. The first-order valence-electron chi connectivity index (χ1n) is 8.48. The molecule has 0 spiro atoms. The number of carbonyl (C=O) groups excluding carboxylic acids is 1. The van der Waals surface area contributed by atoms with Crippen LogP contribution in [-0.2, 0) is 24.8 Å². The van der Waals surface area contributed by atoms with Crippen molar-refractivity contribution in [3.05, 3.63) is 70.2 Å². The number of aryl methyl sites for hydroxylation is 2. The van der Waals surface area contributed by atoms with Crippen LogP contribution in [0.25, 0.3) is 11.1 Å². The van der Waals surface area contributed by atoms with Crippen LogP contribution in [0.2, 0.25) is 0 Å². The molecule has 5 nitrogen and oxygen atoms in total. The third-order valence-corrected chi connectivity index (χ3v) is 4.43. The van der Waals surface area contributed by atoms with Gasteiger partial charge in [0.1, 0.15) is 0 Å². The normalized spacial score (nSPS) is 11.0. The number of amides is 1. The molecular weight excluding hydrogens is 316 g/mol. The van der Waals surface area contributed by atoms with E-state index in [1.165, 1.54) is 4.57 Å². The molecule has 1 heterocycles. The van der Waals surface area contributed by atoms with E-state index in [9.17, 15) is 9.59 Å². The van der Waals surface area contributed by atoms with Crippen LogP contribution in [0.4, 0.5) is 0 Å². The van der Waals surface area contributed by atoms with Gasteiger partial charge in [0, 0.05) is 26.6 Å². The summed E-state index contributed by atoms with van der Waals surface area (Å²) in [6, 6.07) is 15.6. The summed E-state index contributed by atoms with van der Waals surface area (Å²) >= 11 is 0. The zero-order valence-corrected chi connectivity index (χ0v) is 14.6. The quantitative estimate of drug-likeness (QED) is 0.694. The van der Waals surface area contributed by atoms with Gasteiger partial charge in [-0.1, -0.05) is 36.4 Å². The van der Waals surface area contributed by atoms with Crippen LogP contribution >= 0.6 is 0 Å². The van der Waals surface area contributed by atoms with Crippen molar-refractivity contribution in [3.8, 4) is 0 Å². The van der Waals surface area contributed by atoms with Crippen molar-refractivity contribution < 1.29 is 9.21 Å². The molecule has 0 aliphatic rings. The van der Waals surface area contributed by atoms with E-state index in [1.54, 1.807) is 13.1 Å². The Balaban J connectivity index is 1.66. The number of nitrogens with zero attached hydrogens (tertiary/aromatic N) is 2. The lowest BCUT2D eigenvalue weighted by atomic mass is 10.1. The Kier molecular flexibility index (Phi) is 5.03. The van der Waals surface area contributed by atoms with E-state index in [4.69, 9.17) is 4.42 Å². The molecule has 3 rings (SSSR count). The van der Waals surface area contributed by atoms with Crippen LogP contribution in [0.1, 0.15) is 24.5 Å². The van der Waals surface area contributed by atoms with Gasteiger partial charge in [-0.3, -0.25) is 9.36 Å². The molecule has 0 saturated heterocycles. The number of benzene rings is 2. The second kappa shape index (κ2) is 7.38. The van der Waals surface area contributed by atoms with E-state index >= 15 is 0 Å². The lowest BCUT2D eigenvalue weighted by Crippen LogP contribution is -2.30. The molecule has 0 bridgehead atoms. The minimum atomic E-state index is -0.372. The van der Waals surface area contributed by atoms with Crippen molar-refractivity contribution in [1.29, 1.82) is 0 Å². The highest BCUT2D eigenvalue weighted by Gasteiger charge is 2.13. The molecule has 25 heavy (non-hydrogen) atoms. The second-order valence-electron chi connectivity index (χ2n) is 6.12. The second-order valence-corrected chi connectivity index (χ2v) is 6.12. The predicted molar refractivity (Wildman–Crippen MR) is 97.3 cm³/mol. The van der Waals surface area contributed by atoms with Crippen molar-refractivity contribution in [1.82, 2.24) is 9.47 Å². The molecule has 0 fully saturated rings. The van der Waals surface area contributed by atoms with Gasteiger partial charge in [0.25, 0.3) is 0 Å². The Morgan fingerprint density at radius 3 is 2.60 bits per heavy atom. The highest BCUT2D eigenvalue weighted by molar-refractivity contribution is 5.77. The Morgan fingerprint density at radius 2 is 1.88 bits per heavy atom. The van der Waals surface area contributed by atoms with E-state index in [1.807, 2.05) is 54.3 Å². The van der Waals surface area contributed by atoms with Gasteiger partial charge in [-0.15, -0.1) is 0 Å². The van der Waals surface area contributed by atoms with Crippen LogP contribution in [0.3, 0.4) is 0 Å². The van der Waals surface area contributed by atoms with Crippen molar-refractivity contribution in [2.24, 2.45) is 7.05 Å². The first-order chi connectivity index (χ1) is 12.1. The fraction of sp³-hybridized carbons (Fsp3) is 0.300. The number of oxazole rings is 1. The monoisotopic (exact) mass is 338 g/mol. The summed E-state index contributed by atoms with van der Waals surface area (Å²) in [7, 11) is 1.68. The van der Waals surface area contributed by atoms with Crippen LogP contribution in [0.5, 0.6) is 0 Å². The molecule has 0 radical (unpaired) electrons. The van der Waals surface area contributed by atoms with E-state index in [2.05, 4.69) is 0 Å². The molecule has 1 amide bonds. The Labute approximate surface area is 146 Å². The first-order valence-corrected chi connectivity index (χ1v) is 8.48. The Hall–Kier alpha value is -2.82. The van der Waals surface area contributed by atoms with Crippen molar-refractivity contribution in [2.45, 2.75) is 26.3 Å². The zero-order valence-electron chi connectivity index (χ0n) is 14.6. The average Bonchev–Trinajstić information content (AvgIpc) is 2.92. The van der Waals surface area contributed by atoms with Crippen molar-refractivity contribution >= 4 is 17.0 Å². The smallest absolute Gasteiger partial charge is 0.408 e. The fourth-order valence-electron chi connectivity index (χ4n) is 2.92. The van der Waals surface area contributed by atoms with Gasteiger partial charge < -0.3 is 9.32 Å². The summed E-state index contributed by atoms with van der Waals surface area (Å²) in [5.41, 5.74) is 3.48. The molecule has 1 aromatic heterocycles. The highest BCUT2D eigenvalue weighted by Crippen LogP contribution is 2.16. The number of aromatic nitrogens is 1. The third kappa shape index (κ3) is 3.82. The summed E-state index contributed by atoms with van der Waals surface area (Å²) in [4.78, 5) is 26.0. The molecule has 130 valence electrons. The molecule has 5 heteroatoms. The number of hydrogen-bond donors (Lipinski definition) is 0. The zero-order chi connectivity index (χ0) is 17.8. The summed E-state index contributed by atoms with van der Waals surface area (Å²) in [5.74, 6) is -0.240. The average molecular weight is 338 g/mol. The van der Waals surface area contributed by atoms with Crippen LogP contribution in [0, 0.1) is 0 Å². The fourth-order valence-corrected chi connectivity index (χ4v) is 2.92. The van der Waals surface area contributed by atoms with E-state index in [0.717, 1.165) is 16.6 Å². The molecular formula is C20H22N2O3. The van der Waals surface area contributed by atoms with Crippen LogP contribution in [0.15, 0.2) is 57.7 Å². The maximum atomic E-state index is 12.5. The maximum absolute atomic E-state index is 12.5. The molecule has 0 aliphatic heterocycles. The van der Waals surface area contributed by atoms with Gasteiger partial charge in [0.05, 0.1) is 5.52 Å². The molecule has 0 atom stereocenters. The Morgan fingerprint density at radius 1 is 1.12 bits per heavy atom. The van der Waals surface area contributed by atoms with Crippen molar-refractivity contribution in [2.75, 3.05) is 6.54 Å². The third-order valence-electron chi connectivity index (χ3n) is 4.43. The first kappa shape index (κ1) is 17.0. The lowest BCUT2D eigenvalue weighted by molar-refractivity contribution is -0.131. The van der Waals surface area contributed by atoms with Gasteiger partial charge in [-0.25, -0.2) is 4.79 Å². The van der Waals surface area contributed by atoms with Gasteiger partial charge in [-0.05, 0) is 36.6 Å². The number of carbonyl (C=O) groups is 1. The minimum Gasteiger partial charge on any atom is -0.408 e. The number of fused-ring (bicyclic) bond motifs is 1. The largest absolute Gasteiger partial charge is 0.419 e. The summed E-state index contributed by atoms with van der Waals surface area (Å²) in [6.45, 7) is 3.31. The predicted octanol–water partition coefficient (Wildman–Crippen LogP) is 3.11. The lowest BCUT2D eigenvalue weighted by Gasteiger charge is -2.21. The molecule has 0 unspecified atom stereocenters. The van der Waals surface area contributed by atoms with Gasteiger partial charge in [-0.2, -0.15) is 0 Å². The van der Waals surface area contributed by atoms with E-state index in [0.29, 0.717) is 31.5 Å². The van der Waals surface area contributed by atoms with Gasteiger partial charge in [0.15, 0.2) is 5.58 Å². The summed E-state index contributed by atoms with van der Waals surface area (Å²) in [5, 5.41) is 0. The highest BCUT2D eigenvalue weighted by atomic mass is 16.4. The van der Waals surface area contributed by atoms with Crippen molar-refractivity contribution in [3.63, 3.8) is 0 Å². The SMILES string of the molecule is CCN(Cc1ccccc1)C(=O)CCc1ccc2oc(=O)n(C)c2c1. The van der Waals surface area contributed by atoms with E-state index in [-0.39, 0.29) is 11.7 Å². The molecule has 0 aliphatic carbocycles. The maximum Gasteiger partial charge on any atom is 0.419 e. The standard InChI is InChI=1S/C20H22N2O3/c1-3-22(14-16-7-5-4-6-8-16)19(23)12-10-15-9-11-18-17(13-15)21(2)20(24)25-18/h4-9,11,13H,3,10,12,14H2,1-2H3. The molecule has 0 N–H and O–H groups in total. The summed E-state index contributed by atoms with van der Waals surface area (Å²) in [6.07, 6.45) is 1.08. The van der Waals surface area contributed by atoms with Crippen LogP contribution < -0.4 is 5.76 Å². The topological polar surface area (TPSA) is 55.5 Å². The Bertz CT molecular complexity index is 925.